The fraction of sp³-hybridized carbons (Fsp3) is 0.579. The van der Waals surface area contributed by atoms with Crippen LogP contribution in [0.4, 0.5) is 4.79 Å². The van der Waals surface area contributed by atoms with E-state index in [-0.39, 0.29) is 11.9 Å². The Morgan fingerprint density at radius 2 is 1.75 bits per heavy atom. The Hall–Kier alpha value is -2.04. The number of carbonyl (C=O) groups is 2. The van der Waals surface area contributed by atoms with E-state index in [2.05, 4.69) is 22.8 Å². The summed E-state index contributed by atoms with van der Waals surface area (Å²) >= 11 is 0. The molecule has 0 saturated carbocycles. The van der Waals surface area contributed by atoms with E-state index in [9.17, 15) is 9.59 Å². The van der Waals surface area contributed by atoms with Gasteiger partial charge in [0, 0.05) is 32.6 Å². The van der Waals surface area contributed by atoms with E-state index in [1.807, 2.05) is 23.1 Å². The van der Waals surface area contributed by atoms with Crippen LogP contribution in [0.1, 0.15) is 44.1 Å². The molecular weight excluding hydrogens is 302 g/mol. The topological polar surface area (TPSA) is 61.4 Å². The van der Waals surface area contributed by atoms with Crippen LogP contribution in [-0.4, -0.2) is 43.0 Å². The summed E-state index contributed by atoms with van der Waals surface area (Å²) in [6.07, 6.45) is 6.64. The van der Waals surface area contributed by atoms with Crippen LogP contribution in [0, 0.1) is 0 Å². The van der Waals surface area contributed by atoms with Crippen molar-refractivity contribution in [2.24, 2.45) is 0 Å². The van der Waals surface area contributed by atoms with Crippen LogP contribution >= 0.6 is 0 Å². The molecule has 1 heterocycles. The lowest BCUT2D eigenvalue weighted by atomic mass is 10.1. The van der Waals surface area contributed by atoms with E-state index in [1.165, 1.54) is 5.56 Å². The van der Waals surface area contributed by atoms with E-state index < -0.39 is 0 Å². The van der Waals surface area contributed by atoms with Crippen molar-refractivity contribution in [1.29, 1.82) is 0 Å². The minimum Gasteiger partial charge on any atom is -0.343 e. The van der Waals surface area contributed by atoms with Gasteiger partial charge in [0.15, 0.2) is 0 Å². The number of hydrogen-bond donors (Lipinski definition) is 2. The molecule has 0 radical (unpaired) electrons. The van der Waals surface area contributed by atoms with Crippen molar-refractivity contribution in [3.63, 3.8) is 0 Å². The minimum atomic E-state index is -0.120. The lowest BCUT2D eigenvalue weighted by Crippen LogP contribution is -2.38. The quantitative estimate of drug-likeness (QED) is 0.720. The molecule has 0 aromatic heterocycles. The zero-order valence-electron chi connectivity index (χ0n) is 14.4. The number of nitrogens with zero attached hydrogens (tertiary/aromatic N) is 1. The van der Waals surface area contributed by atoms with Gasteiger partial charge in [-0.2, -0.15) is 0 Å². The maximum Gasteiger partial charge on any atom is 0.314 e. The molecule has 1 aliphatic heterocycles. The Balaban J connectivity index is 1.49. The van der Waals surface area contributed by atoms with E-state index in [0.717, 1.165) is 51.6 Å². The van der Waals surface area contributed by atoms with Crippen LogP contribution in [-0.2, 0) is 11.2 Å². The Bertz CT molecular complexity index is 505. The van der Waals surface area contributed by atoms with Crippen LogP contribution < -0.4 is 10.6 Å². The van der Waals surface area contributed by atoms with Crippen molar-refractivity contribution in [2.45, 2.75) is 44.9 Å². The summed E-state index contributed by atoms with van der Waals surface area (Å²) in [5.74, 6) is 0.262. The second-order valence-electron chi connectivity index (χ2n) is 6.32. The molecule has 3 amide bonds. The van der Waals surface area contributed by atoms with E-state index in [1.54, 1.807) is 0 Å². The Kier molecular flexibility index (Phi) is 8.15. The fourth-order valence-corrected chi connectivity index (χ4v) is 2.95. The Morgan fingerprint density at radius 1 is 1.00 bits per heavy atom. The predicted molar refractivity (Wildman–Crippen MR) is 95.8 cm³/mol. The zero-order chi connectivity index (χ0) is 17.0. The maximum atomic E-state index is 11.9. The molecule has 5 nitrogen and oxygen atoms in total. The molecule has 0 spiro atoms. The van der Waals surface area contributed by atoms with Gasteiger partial charge in [0.2, 0.25) is 5.91 Å². The molecule has 2 rings (SSSR count). The summed E-state index contributed by atoms with van der Waals surface area (Å²) in [5, 5.41) is 5.74. The molecular formula is C19H29N3O2. The van der Waals surface area contributed by atoms with E-state index in [0.29, 0.717) is 19.5 Å². The SMILES string of the molecule is O=C(NCCCc1ccccc1)NCCCN1CCCCCC1=O. The van der Waals surface area contributed by atoms with Gasteiger partial charge >= 0.3 is 6.03 Å². The number of carbonyl (C=O) groups excluding carboxylic acids is 2. The highest BCUT2D eigenvalue weighted by molar-refractivity contribution is 5.76. The molecule has 1 aromatic carbocycles. The third-order valence-corrected chi connectivity index (χ3v) is 4.33. The lowest BCUT2D eigenvalue weighted by Gasteiger charge is -2.20. The summed E-state index contributed by atoms with van der Waals surface area (Å²) in [5.41, 5.74) is 1.29. The van der Waals surface area contributed by atoms with Crippen LogP contribution in [0.25, 0.3) is 0 Å². The van der Waals surface area contributed by atoms with Gasteiger partial charge in [-0.1, -0.05) is 36.8 Å². The van der Waals surface area contributed by atoms with Crippen molar-refractivity contribution >= 4 is 11.9 Å². The van der Waals surface area contributed by atoms with Gasteiger partial charge < -0.3 is 15.5 Å². The van der Waals surface area contributed by atoms with Gasteiger partial charge in [-0.25, -0.2) is 4.79 Å². The molecule has 5 heteroatoms. The van der Waals surface area contributed by atoms with Crippen molar-refractivity contribution in [1.82, 2.24) is 15.5 Å². The third-order valence-electron chi connectivity index (χ3n) is 4.33. The number of benzene rings is 1. The fourth-order valence-electron chi connectivity index (χ4n) is 2.95. The molecule has 0 bridgehead atoms. The summed E-state index contributed by atoms with van der Waals surface area (Å²) < 4.78 is 0. The normalized spacial score (nSPS) is 15.0. The smallest absolute Gasteiger partial charge is 0.314 e. The summed E-state index contributed by atoms with van der Waals surface area (Å²) in [6.45, 7) is 2.89. The average molecular weight is 331 g/mol. The van der Waals surface area contributed by atoms with Crippen LogP contribution in [0.5, 0.6) is 0 Å². The molecule has 2 N–H and O–H groups in total. The molecule has 1 aliphatic rings. The standard InChI is InChI=1S/C19H29N3O2/c23-18-12-5-2-6-15-22(18)16-8-14-21-19(24)20-13-7-11-17-9-3-1-4-10-17/h1,3-4,9-10H,2,5-8,11-16H2,(H2,20,21,24). The average Bonchev–Trinajstić information content (AvgIpc) is 2.81. The van der Waals surface area contributed by atoms with Crippen LogP contribution in [0.3, 0.4) is 0 Å². The molecule has 1 fully saturated rings. The monoisotopic (exact) mass is 331 g/mol. The highest BCUT2D eigenvalue weighted by Gasteiger charge is 2.15. The summed E-state index contributed by atoms with van der Waals surface area (Å²) in [4.78, 5) is 25.5. The predicted octanol–water partition coefficient (Wildman–Crippen LogP) is 2.71. The second kappa shape index (κ2) is 10.7. The number of urea groups is 1. The summed E-state index contributed by atoms with van der Waals surface area (Å²) in [6, 6.07) is 10.2. The van der Waals surface area contributed by atoms with Crippen LogP contribution in [0.2, 0.25) is 0 Å². The van der Waals surface area contributed by atoms with Gasteiger partial charge in [0.25, 0.3) is 0 Å². The van der Waals surface area contributed by atoms with E-state index >= 15 is 0 Å². The van der Waals surface area contributed by atoms with Gasteiger partial charge in [0.05, 0.1) is 0 Å². The molecule has 1 aromatic rings. The highest BCUT2D eigenvalue weighted by atomic mass is 16.2. The molecule has 24 heavy (non-hydrogen) atoms. The van der Waals surface area contributed by atoms with Crippen LogP contribution in [0.15, 0.2) is 30.3 Å². The molecule has 0 unspecified atom stereocenters. The van der Waals surface area contributed by atoms with Gasteiger partial charge in [-0.3, -0.25) is 4.79 Å². The molecule has 1 saturated heterocycles. The largest absolute Gasteiger partial charge is 0.343 e. The second-order valence-corrected chi connectivity index (χ2v) is 6.32. The lowest BCUT2D eigenvalue weighted by molar-refractivity contribution is -0.130. The van der Waals surface area contributed by atoms with Gasteiger partial charge in [-0.15, -0.1) is 0 Å². The molecule has 132 valence electrons. The Labute approximate surface area is 144 Å². The number of aryl methyl sites for hydroxylation is 1. The molecule has 0 atom stereocenters. The number of likely N-dealkylation sites (tertiary alicyclic amines) is 1. The number of rotatable bonds is 8. The van der Waals surface area contributed by atoms with Crippen molar-refractivity contribution < 1.29 is 9.59 Å². The Morgan fingerprint density at radius 3 is 2.54 bits per heavy atom. The van der Waals surface area contributed by atoms with Crippen molar-refractivity contribution in [3.8, 4) is 0 Å². The van der Waals surface area contributed by atoms with Crippen molar-refractivity contribution in [2.75, 3.05) is 26.2 Å². The third kappa shape index (κ3) is 7.02. The number of hydrogen-bond acceptors (Lipinski definition) is 2. The number of nitrogens with one attached hydrogen (secondary N) is 2. The maximum absolute atomic E-state index is 11.9. The van der Waals surface area contributed by atoms with Gasteiger partial charge in [-0.05, 0) is 37.7 Å². The summed E-state index contributed by atoms with van der Waals surface area (Å²) in [7, 11) is 0. The first-order valence-electron chi connectivity index (χ1n) is 9.09. The highest BCUT2D eigenvalue weighted by Crippen LogP contribution is 2.11. The first kappa shape index (κ1) is 18.3. The first-order chi connectivity index (χ1) is 11.8. The first-order valence-corrected chi connectivity index (χ1v) is 9.09. The van der Waals surface area contributed by atoms with Gasteiger partial charge in [0.1, 0.15) is 0 Å². The van der Waals surface area contributed by atoms with Crippen molar-refractivity contribution in [3.05, 3.63) is 35.9 Å². The minimum absolute atomic E-state index is 0.120. The number of amides is 3. The van der Waals surface area contributed by atoms with E-state index in [4.69, 9.17) is 0 Å². The zero-order valence-corrected chi connectivity index (χ0v) is 14.4. The molecule has 0 aliphatic carbocycles.